The number of anilines is 1. The second kappa shape index (κ2) is 6.32. The van der Waals surface area contributed by atoms with Gasteiger partial charge in [0.25, 0.3) is 5.91 Å². The number of hydrogen-bond acceptors (Lipinski definition) is 3. The summed E-state index contributed by atoms with van der Waals surface area (Å²) < 4.78 is 5.93. The summed E-state index contributed by atoms with van der Waals surface area (Å²) in [6.45, 7) is 1.89. The highest BCUT2D eigenvalue weighted by Crippen LogP contribution is 2.24. The lowest BCUT2D eigenvalue weighted by Gasteiger charge is -2.08. The number of rotatable bonds is 2. The van der Waals surface area contributed by atoms with Crippen molar-refractivity contribution < 1.29 is 9.21 Å². The zero-order chi connectivity index (χ0) is 18.3. The van der Waals surface area contributed by atoms with Crippen LogP contribution in [-0.4, -0.2) is 5.91 Å². The fraction of sp³-hybridized carbons (Fsp3) is 0.0476. The number of hydrogen-bond donors (Lipinski definition) is 1. The quantitative estimate of drug-likeness (QED) is 0.500. The predicted molar refractivity (Wildman–Crippen MR) is 104 cm³/mol. The average molecular weight is 364 g/mol. The van der Waals surface area contributed by atoms with E-state index in [9.17, 15) is 9.59 Å². The number of carbonyl (C=O) groups excluding carboxylic acids is 1. The van der Waals surface area contributed by atoms with Gasteiger partial charge in [0.2, 0.25) is 5.43 Å². The summed E-state index contributed by atoms with van der Waals surface area (Å²) in [4.78, 5) is 25.1. The summed E-state index contributed by atoms with van der Waals surface area (Å²) >= 11 is 6.06. The molecule has 0 aliphatic rings. The second-order valence-electron chi connectivity index (χ2n) is 6.03. The van der Waals surface area contributed by atoms with E-state index in [0.717, 1.165) is 5.56 Å². The third-order valence-electron chi connectivity index (χ3n) is 4.27. The lowest BCUT2D eigenvalue weighted by Crippen LogP contribution is -2.12. The van der Waals surface area contributed by atoms with Crippen molar-refractivity contribution in [1.82, 2.24) is 0 Å². The van der Waals surface area contributed by atoms with Crippen LogP contribution < -0.4 is 10.7 Å². The van der Waals surface area contributed by atoms with Crippen LogP contribution in [0.4, 0.5) is 5.69 Å². The Morgan fingerprint density at radius 2 is 1.81 bits per heavy atom. The van der Waals surface area contributed by atoms with Gasteiger partial charge in [-0.3, -0.25) is 9.59 Å². The van der Waals surface area contributed by atoms with Gasteiger partial charge < -0.3 is 9.73 Å². The van der Waals surface area contributed by atoms with E-state index >= 15 is 0 Å². The standard InChI is InChI=1S/C21H14ClNO3/c1-12-5-4-7-16-19(24)15-10-9-13(11-18(15)26-20(12)16)23-21(25)14-6-2-3-8-17(14)22/h2-11H,1H3,(H,23,25). The highest BCUT2D eigenvalue weighted by Gasteiger charge is 2.13. The summed E-state index contributed by atoms with van der Waals surface area (Å²) in [5.41, 5.74) is 2.68. The first-order valence-corrected chi connectivity index (χ1v) is 8.44. The molecule has 0 bridgehead atoms. The molecule has 1 heterocycles. The van der Waals surface area contributed by atoms with E-state index in [4.69, 9.17) is 16.0 Å². The van der Waals surface area contributed by atoms with Crippen molar-refractivity contribution in [2.24, 2.45) is 0 Å². The number of para-hydroxylation sites is 1. The zero-order valence-electron chi connectivity index (χ0n) is 13.9. The van der Waals surface area contributed by atoms with Crippen LogP contribution in [0.15, 0.2) is 69.9 Å². The van der Waals surface area contributed by atoms with E-state index in [1.165, 1.54) is 0 Å². The lowest BCUT2D eigenvalue weighted by atomic mass is 10.1. The van der Waals surface area contributed by atoms with Gasteiger partial charge in [0.05, 0.1) is 21.4 Å². The number of fused-ring (bicyclic) bond motifs is 2. The molecule has 0 spiro atoms. The fourth-order valence-electron chi connectivity index (χ4n) is 2.94. The first-order chi connectivity index (χ1) is 12.5. The molecular formula is C21H14ClNO3. The molecule has 0 radical (unpaired) electrons. The number of carbonyl (C=O) groups is 1. The van der Waals surface area contributed by atoms with Crippen LogP contribution in [0.2, 0.25) is 5.02 Å². The molecule has 0 atom stereocenters. The molecule has 0 fully saturated rings. The molecule has 1 N–H and O–H groups in total. The molecule has 4 aromatic rings. The van der Waals surface area contributed by atoms with Gasteiger partial charge in [-0.05, 0) is 42.8 Å². The molecular weight excluding hydrogens is 350 g/mol. The van der Waals surface area contributed by atoms with E-state index < -0.39 is 0 Å². The Kier molecular flexibility index (Phi) is 3.98. The van der Waals surface area contributed by atoms with Crippen LogP contribution in [0.1, 0.15) is 15.9 Å². The molecule has 128 valence electrons. The number of benzene rings is 3. The Morgan fingerprint density at radius 3 is 2.62 bits per heavy atom. The topological polar surface area (TPSA) is 59.3 Å². The zero-order valence-corrected chi connectivity index (χ0v) is 14.6. The maximum Gasteiger partial charge on any atom is 0.257 e. The molecule has 1 aromatic heterocycles. The van der Waals surface area contributed by atoms with Crippen LogP contribution in [-0.2, 0) is 0 Å². The second-order valence-corrected chi connectivity index (χ2v) is 6.43. The van der Waals surface area contributed by atoms with E-state index in [1.54, 1.807) is 48.5 Å². The van der Waals surface area contributed by atoms with E-state index in [1.807, 2.05) is 19.1 Å². The first-order valence-electron chi connectivity index (χ1n) is 8.06. The third kappa shape index (κ3) is 2.74. The van der Waals surface area contributed by atoms with Crippen LogP contribution in [0.3, 0.4) is 0 Å². The monoisotopic (exact) mass is 363 g/mol. The van der Waals surface area contributed by atoms with Crippen LogP contribution >= 0.6 is 11.6 Å². The molecule has 0 saturated heterocycles. The van der Waals surface area contributed by atoms with Gasteiger partial charge in [0, 0.05) is 11.8 Å². The minimum absolute atomic E-state index is 0.0890. The summed E-state index contributed by atoms with van der Waals surface area (Å²) in [6, 6.07) is 17.3. The normalized spacial score (nSPS) is 11.0. The molecule has 0 unspecified atom stereocenters. The molecule has 0 aliphatic heterocycles. The lowest BCUT2D eigenvalue weighted by molar-refractivity contribution is 0.102. The minimum Gasteiger partial charge on any atom is -0.455 e. The molecule has 3 aromatic carbocycles. The van der Waals surface area contributed by atoms with Crippen LogP contribution in [0, 0.1) is 6.92 Å². The molecule has 0 aliphatic carbocycles. The van der Waals surface area contributed by atoms with E-state index in [0.29, 0.717) is 38.2 Å². The smallest absolute Gasteiger partial charge is 0.257 e. The van der Waals surface area contributed by atoms with E-state index in [2.05, 4.69) is 5.32 Å². The number of aryl methyl sites for hydroxylation is 1. The molecule has 4 nitrogen and oxygen atoms in total. The number of halogens is 1. The first kappa shape index (κ1) is 16.4. The highest BCUT2D eigenvalue weighted by atomic mass is 35.5. The Bertz CT molecular complexity index is 1230. The Balaban J connectivity index is 1.79. The van der Waals surface area contributed by atoms with Crippen molar-refractivity contribution in [3.05, 3.63) is 87.0 Å². The molecule has 4 rings (SSSR count). The molecule has 5 heteroatoms. The molecule has 0 saturated carbocycles. The molecule has 26 heavy (non-hydrogen) atoms. The number of amides is 1. The summed E-state index contributed by atoms with van der Waals surface area (Å²) in [7, 11) is 0. The van der Waals surface area contributed by atoms with Crippen LogP contribution in [0.25, 0.3) is 21.9 Å². The third-order valence-corrected chi connectivity index (χ3v) is 4.60. The molecule has 1 amide bonds. The highest BCUT2D eigenvalue weighted by molar-refractivity contribution is 6.34. The van der Waals surface area contributed by atoms with Crippen molar-refractivity contribution in [2.45, 2.75) is 6.92 Å². The summed E-state index contributed by atoms with van der Waals surface area (Å²) in [5, 5.41) is 4.18. The van der Waals surface area contributed by atoms with Gasteiger partial charge in [-0.1, -0.05) is 35.9 Å². The van der Waals surface area contributed by atoms with Crippen molar-refractivity contribution in [3.63, 3.8) is 0 Å². The van der Waals surface area contributed by atoms with Crippen molar-refractivity contribution in [3.8, 4) is 0 Å². The van der Waals surface area contributed by atoms with Crippen molar-refractivity contribution in [1.29, 1.82) is 0 Å². The van der Waals surface area contributed by atoms with Gasteiger partial charge in [-0.25, -0.2) is 0 Å². The SMILES string of the molecule is Cc1cccc2c(=O)c3ccc(NC(=O)c4ccccc4Cl)cc3oc12. The van der Waals surface area contributed by atoms with Crippen molar-refractivity contribution in [2.75, 3.05) is 5.32 Å². The summed E-state index contributed by atoms with van der Waals surface area (Å²) in [5.74, 6) is -0.325. The predicted octanol–water partition coefficient (Wildman–Crippen LogP) is 5.16. The number of nitrogens with one attached hydrogen (secondary N) is 1. The fourth-order valence-corrected chi connectivity index (χ4v) is 3.16. The summed E-state index contributed by atoms with van der Waals surface area (Å²) in [6.07, 6.45) is 0. The van der Waals surface area contributed by atoms with Gasteiger partial charge in [-0.15, -0.1) is 0 Å². The Morgan fingerprint density at radius 1 is 1.00 bits per heavy atom. The van der Waals surface area contributed by atoms with Crippen molar-refractivity contribution >= 4 is 45.1 Å². The van der Waals surface area contributed by atoms with Gasteiger partial charge >= 0.3 is 0 Å². The van der Waals surface area contributed by atoms with Gasteiger partial charge in [0.15, 0.2) is 0 Å². The Labute approximate surface area is 154 Å². The maximum atomic E-state index is 12.7. The average Bonchev–Trinajstić information content (AvgIpc) is 2.63. The Hall–Kier alpha value is -3.11. The maximum absolute atomic E-state index is 12.7. The van der Waals surface area contributed by atoms with E-state index in [-0.39, 0.29) is 11.3 Å². The van der Waals surface area contributed by atoms with Crippen LogP contribution in [0.5, 0.6) is 0 Å². The van der Waals surface area contributed by atoms with Gasteiger partial charge in [-0.2, -0.15) is 0 Å². The van der Waals surface area contributed by atoms with Gasteiger partial charge in [0.1, 0.15) is 11.2 Å². The largest absolute Gasteiger partial charge is 0.455 e. The minimum atomic E-state index is -0.325.